The molecule has 0 unspecified atom stereocenters. The van der Waals surface area contributed by atoms with E-state index < -0.39 is 0 Å². The highest BCUT2D eigenvalue weighted by Gasteiger charge is 2.23. The molecule has 1 aliphatic heterocycles. The van der Waals surface area contributed by atoms with E-state index >= 15 is 0 Å². The Labute approximate surface area is 155 Å². The van der Waals surface area contributed by atoms with Crippen LogP contribution in [-0.4, -0.2) is 45.0 Å². The SMILES string of the molecule is CN1CCOc2c1cnn1c(-c3ccc4c(F)ccc(Br)c4n3)nnc21. The van der Waals surface area contributed by atoms with Crippen molar-refractivity contribution in [1.29, 1.82) is 0 Å². The van der Waals surface area contributed by atoms with Crippen LogP contribution in [0, 0.1) is 5.82 Å². The normalized spacial score (nSPS) is 13.9. The topological polar surface area (TPSA) is 68.4 Å². The third-order valence-corrected chi connectivity index (χ3v) is 5.08. The molecule has 0 bridgehead atoms. The van der Waals surface area contributed by atoms with Gasteiger partial charge in [0.25, 0.3) is 0 Å². The molecule has 9 heteroatoms. The molecule has 0 N–H and O–H groups in total. The van der Waals surface area contributed by atoms with Crippen LogP contribution in [0.4, 0.5) is 10.1 Å². The highest BCUT2D eigenvalue weighted by Crippen LogP contribution is 2.34. The summed E-state index contributed by atoms with van der Waals surface area (Å²) in [4.78, 5) is 6.62. The number of hydrogen-bond donors (Lipinski definition) is 0. The second-order valence-electron chi connectivity index (χ2n) is 6.01. The molecule has 26 heavy (non-hydrogen) atoms. The third-order valence-electron chi connectivity index (χ3n) is 4.44. The van der Waals surface area contributed by atoms with Crippen molar-refractivity contribution in [2.75, 3.05) is 25.1 Å². The van der Waals surface area contributed by atoms with Gasteiger partial charge in [-0.3, -0.25) is 0 Å². The van der Waals surface area contributed by atoms with Crippen LogP contribution in [0.1, 0.15) is 0 Å². The number of hydrogen-bond acceptors (Lipinski definition) is 6. The minimum absolute atomic E-state index is 0.322. The Kier molecular flexibility index (Phi) is 3.33. The first kappa shape index (κ1) is 15.4. The van der Waals surface area contributed by atoms with Crippen LogP contribution >= 0.6 is 15.9 Å². The molecule has 3 aromatic heterocycles. The summed E-state index contributed by atoms with van der Waals surface area (Å²) in [6, 6.07) is 6.43. The summed E-state index contributed by atoms with van der Waals surface area (Å²) in [7, 11) is 1.98. The van der Waals surface area contributed by atoms with E-state index in [9.17, 15) is 4.39 Å². The summed E-state index contributed by atoms with van der Waals surface area (Å²) in [5.74, 6) is 0.801. The molecule has 1 aliphatic rings. The lowest BCUT2D eigenvalue weighted by Gasteiger charge is -2.26. The van der Waals surface area contributed by atoms with Crippen molar-refractivity contribution in [3.8, 4) is 17.3 Å². The van der Waals surface area contributed by atoms with E-state index in [1.54, 1.807) is 28.9 Å². The molecule has 0 radical (unpaired) electrons. The van der Waals surface area contributed by atoms with Crippen molar-refractivity contribution in [3.05, 3.63) is 40.8 Å². The van der Waals surface area contributed by atoms with Crippen molar-refractivity contribution in [1.82, 2.24) is 24.8 Å². The van der Waals surface area contributed by atoms with Crippen LogP contribution in [0.3, 0.4) is 0 Å². The zero-order valence-corrected chi connectivity index (χ0v) is 15.2. The molecule has 0 saturated heterocycles. The van der Waals surface area contributed by atoms with Crippen molar-refractivity contribution >= 4 is 38.2 Å². The lowest BCUT2D eigenvalue weighted by molar-refractivity contribution is 0.312. The Bertz CT molecular complexity index is 1180. The van der Waals surface area contributed by atoms with Crippen LogP contribution in [-0.2, 0) is 0 Å². The summed E-state index contributed by atoms with van der Waals surface area (Å²) in [6.45, 7) is 1.36. The van der Waals surface area contributed by atoms with E-state index in [2.05, 4.69) is 41.1 Å². The fourth-order valence-corrected chi connectivity index (χ4v) is 3.50. The molecule has 7 nitrogen and oxygen atoms in total. The smallest absolute Gasteiger partial charge is 0.222 e. The first-order valence-corrected chi connectivity index (χ1v) is 8.76. The number of likely N-dealkylation sites (N-methyl/N-ethyl adjacent to an activating group) is 1. The van der Waals surface area contributed by atoms with Gasteiger partial charge >= 0.3 is 0 Å². The largest absolute Gasteiger partial charge is 0.486 e. The molecule has 1 aromatic carbocycles. The lowest BCUT2D eigenvalue weighted by Crippen LogP contribution is -2.29. The maximum Gasteiger partial charge on any atom is 0.222 e. The van der Waals surface area contributed by atoms with Gasteiger partial charge < -0.3 is 9.64 Å². The zero-order chi connectivity index (χ0) is 17.8. The predicted molar refractivity (Wildman–Crippen MR) is 97.9 cm³/mol. The molecule has 4 aromatic rings. The summed E-state index contributed by atoms with van der Waals surface area (Å²) in [6.07, 6.45) is 1.73. The predicted octanol–water partition coefficient (Wildman–Crippen LogP) is 3.07. The van der Waals surface area contributed by atoms with Gasteiger partial charge in [-0.2, -0.15) is 9.61 Å². The van der Waals surface area contributed by atoms with Crippen LogP contribution in [0.15, 0.2) is 34.9 Å². The number of aromatic nitrogens is 5. The van der Waals surface area contributed by atoms with Gasteiger partial charge in [-0.05, 0) is 40.2 Å². The number of anilines is 1. The van der Waals surface area contributed by atoms with Gasteiger partial charge in [0, 0.05) is 16.9 Å². The van der Waals surface area contributed by atoms with Crippen molar-refractivity contribution in [2.45, 2.75) is 0 Å². The minimum atomic E-state index is -0.322. The van der Waals surface area contributed by atoms with Gasteiger partial charge in [0.05, 0.1) is 18.3 Å². The number of ether oxygens (including phenoxy) is 1. The highest BCUT2D eigenvalue weighted by atomic mass is 79.9. The zero-order valence-electron chi connectivity index (χ0n) is 13.6. The average Bonchev–Trinajstić information content (AvgIpc) is 3.09. The van der Waals surface area contributed by atoms with E-state index in [0.717, 1.165) is 12.2 Å². The first-order valence-electron chi connectivity index (χ1n) is 7.97. The maximum absolute atomic E-state index is 14.0. The lowest BCUT2D eigenvalue weighted by atomic mass is 10.2. The van der Waals surface area contributed by atoms with E-state index in [-0.39, 0.29) is 5.82 Å². The van der Waals surface area contributed by atoms with Crippen molar-refractivity contribution in [2.24, 2.45) is 0 Å². The number of nitrogens with zero attached hydrogens (tertiary/aromatic N) is 6. The highest BCUT2D eigenvalue weighted by molar-refractivity contribution is 9.10. The molecular weight excluding hydrogens is 403 g/mol. The molecule has 0 amide bonds. The van der Waals surface area contributed by atoms with E-state index in [0.29, 0.717) is 44.9 Å². The fraction of sp³-hybridized carbons (Fsp3) is 0.176. The Balaban J connectivity index is 1.73. The Hall–Kier alpha value is -2.81. The van der Waals surface area contributed by atoms with E-state index in [4.69, 9.17) is 4.74 Å². The molecular formula is C17H12BrFN6O. The van der Waals surface area contributed by atoms with Crippen molar-refractivity contribution < 1.29 is 9.13 Å². The number of fused-ring (bicyclic) bond motifs is 4. The summed E-state index contributed by atoms with van der Waals surface area (Å²) in [5.41, 5.74) is 2.48. The summed E-state index contributed by atoms with van der Waals surface area (Å²) in [5, 5.41) is 13.4. The Morgan fingerprint density at radius 3 is 2.96 bits per heavy atom. The molecule has 130 valence electrons. The quantitative estimate of drug-likeness (QED) is 0.476. The Morgan fingerprint density at radius 2 is 2.08 bits per heavy atom. The minimum Gasteiger partial charge on any atom is -0.486 e. The van der Waals surface area contributed by atoms with Crippen molar-refractivity contribution in [3.63, 3.8) is 0 Å². The van der Waals surface area contributed by atoms with Crippen LogP contribution in [0.25, 0.3) is 28.1 Å². The van der Waals surface area contributed by atoms with Gasteiger partial charge in [0.1, 0.15) is 23.8 Å². The van der Waals surface area contributed by atoms with Gasteiger partial charge in [-0.1, -0.05) is 0 Å². The van der Waals surface area contributed by atoms with Gasteiger partial charge in [-0.25, -0.2) is 9.37 Å². The molecule has 5 rings (SSSR count). The first-order chi connectivity index (χ1) is 12.6. The molecule has 0 atom stereocenters. The monoisotopic (exact) mass is 414 g/mol. The Morgan fingerprint density at radius 1 is 1.19 bits per heavy atom. The second kappa shape index (κ2) is 5.60. The molecule has 0 fully saturated rings. The standard InChI is InChI=1S/C17H12BrFN6O/c1-24-6-7-26-15-13(24)8-20-25-16(22-23-17(15)25)12-5-2-9-11(19)4-3-10(18)14(9)21-12/h2-5,8H,6-7H2,1H3. The molecule has 0 saturated carbocycles. The fourth-order valence-electron chi connectivity index (χ4n) is 3.07. The molecule has 0 aliphatic carbocycles. The van der Waals surface area contributed by atoms with Crippen LogP contribution in [0.2, 0.25) is 0 Å². The van der Waals surface area contributed by atoms with Crippen LogP contribution < -0.4 is 9.64 Å². The van der Waals surface area contributed by atoms with E-state index in [1.807, 2.05) is 7.05 Å². The van der Waals surface area contributed by atoms with Gasteiger partial charge in [0.2, 0.25) is 11.5 Å². The molecule has 0 spiro atoms. The van der Waals surface area contributed by atoms with Crippen LogP contribution in [0.5, 0.6) is 5.75 Å². The summed E-state index contributed by atoms with van der Waals surface area (Å²) < 4.78 is 22.1. The number of rotatable bonds is 1. The number of halogens is 2. The summed E-state index contributed by atoms with van der Waals surface area (Å²) >= 11 is 3.42. The van der Waals surface area contributed by atoms with Gasteiger partial charge in [0.15, 0.2) is 5.75 Å². The molecule has 4 heterocycles. The number of pyridine rings is 1. The average molecular weight is 415 g/mol. The number of benzene rings is 1. The van der Waals surface area contributed by atoms with E-state index in [1.165, 1.54) is 6.07 Å². The second-order valence-corrected chi connectivity index (χ2v) is 6.86. The van der Waals surface area contributed by atoms with Gasteiger partial charge in [-0.15, -0.1) is 10.2 Å². The maximum atomic E-state index is 14.0. The third kappa shape index (κ3) is 2.16.